The summed E-state index contributed by atoms with van der Waals surface area (Å²) in [6.45, 7) is 4.38. The van der Waals surface area contributed by atoms with Crippen molar-refractivity contribution in [2.24, 2.45) is 0 Å². The van der Waals surface area contributed by atoms with E-state index in [-0.39, 0.29) is 5.97 Å². The highest BCUT2D eigenvalue weighted by Crippen LogP contribution is 2.14. The molecule has 1 saturated heterocycles. The van der Waals surface area contributed by atoms with Gasteiger partial charge in [-0.15, -0.1) is 0 Å². The topological polar surface area (TPSA) is 41.6 Å². The Bertz CT molecular complexity index is 482. The van der Waals surface area contributed by atoms with Gasteiger partial charge < -0.3 is 10.1 Å². The standard InChI is InChI=1S/C14H18F2N2O2/c1-2-20-14(19)13-8-17-5-6-18(13)9-10-3-4-11(15)12(16)7-10/h3-4,7,13,17H,2,5-6,8-9H2,1H3. The van der Waals surface area contributed by atoms with Crippen molar-refractivity contribution in [2.45, 2.75) is 19.5 Å². The lowest BCUT2D eigenvalue weighted by molar-refractivity contribution is -0.150. The number of nitrogens with one attached hydrogen (secondary N) is 1. The van der Waals surface area contributed by atoms with Crippen LogP contribution in [0.2, 0.25) is 0 Å². The van der Waals surface area contributed by atoms with Crippen LogP contribution in [0.1, 0.15) is 12.5 Å². The van der Waals surface area contributed by atoms with Crippen LogP contribution in [-0.2, 0) is 16.1 Å². The van der Waals surface area contributed by atoms with Gasteiger partial charge in [0.25, 0.3) is 0 Å². The fourth-order valence-electron chi connectivity index (χ4n) is 2.28. The quantitative estimate of drug-likeness (QED) is 0.846. The Hall–Kier alpha value is -1.53. The summed E-state index contributed by atoms with van der Waals surface area (Å²) in [5.74, 6) is -2.02. The Morgan fingerprint density at radius 3 is 2.95 bits per heavy atom. The van der Waals surface area contributed by atoms with Crippen LogP contribution in [0.3, 0.4) is 0 Å². The summed E-state index contributed by atoms with van der Waals surface area (Å²) in [4.78, 5) is 13.8. The number of rotatable bonds is 4. The molecule has 0 bridgehead atoms. The molecular weight excluding hydrogens is 266 g/mol. The summed E-state index contributed by atoms with van der Waals surface area (Å²) in [6, 6.07) is 3.41. The average molecular weight is 284 g/mol. The van der Waals surface area contributed by atoms with Gasteiger partial charge in [-0.3, -0.25) is 9.69 Å². The van der Waals surface area contributed by atoms with Crippen LogP contribution < -0.4 is 5.32 Å². The van der Waals surface area contributed by atoms with Crippen molar-refractivity contribution in [1.29, 1.82) is 0 Å². The zero-order valence-corrected chi connectivity index (χ0v) is 11.4. The van der Waals surface area contributed by atoms with Gasteiger partial charge in [0.15, 0.2) is 11.6 Å². The summed E-state index contributed by atoms with van der Waals surface area (Å²) in [6.07, 6.45) is 0. The summed E-state index contributed by atoms with van der Waals surface area (Å²) in [5.41, 5.74) is 0.639. The number of benzene rings is 1. The van der Waals surface area contributed by atoms with Gasteiger partial charge >= 0.3 is 5.97 Å². The summed E-state index contributed by atoms with van der Waals surface area (Å²) in [5, 5.41) is 3.13. The predicted octanol–water partition coefficient (Wildman–Crippen LogP) is 1.30. The highest BCUT2D eigenvalue weighted by Gasteiger charge is 2.29. The molecule has 20 heavy (non-hydrogen) atoms. The van der Waals surface area contributed by atoms with Crippen LogP contribution in [0.25, 0.3) is 0 Å². The first-order valence-electron chi connectivity index (χ1n) is 6.67. The van der Waals surface area contributed by atoms with Gasteiger partial charge in [0.2, 0.25) is 0 Å². The number of carbonyl (C=O) groups excluding carboxylic acids is 1. The molecule has 1 aromatic rings. The molecule has 1 heterocycles. The monoisotopic (exact) mass is 284 g/mol. The van der Waals surface area contributed by atoms with Gasteiger partial charge in [-0.25, -0.2) is 8.78 Å². The van der Waals surface area contributed by atoms with Crippen molar-refractivity contribution < 1.29 is 18.3 Å². The van der Waals surface area contributed by atoms with Gasteiger partial charge in [0.05, 0.1) is 6.61 Å². The Balaban J connectivity index is 2.08. The van der Waals surface area contributed by atoms with E-state index in [1.165, 1.54) is 12.1 Å². The average Bonchev–Trinajstić information content (AvgIpc) is 2.44. The zero-order chi connectivity index (χ0) is 14.5. The van der Waals surface area contributed by atoms with Crippen LogP contribution in [-0.4, -0.2) is 43.2 Å². The molecule has 0 radical (unpaired) electrons. The second kappa shape index (κ2) is 6.76. The minimum Gasteiger partial charge on any atom is -0.465 e. The number of halogens is 2. The molecule has 1 aromatic carbocycles. The third-order valence-corrected chi connectivity index (χ3v) is 3.28. The van der Waals surface area contributed by atoms with Crippen molar-refractivity contribution in [3.05, 3.63) is 35.4 Å². The molecule has 0 aromatic heterocycles. The first-order chi connectivity index (χ1) is 9.61. The number of ether oxygens (including phenoxy) is 1. The maximum atomic E-state index is 13.2. The fraction of sp³-hybridized carbons (Fsp3) is 0.500. The lowest BCUT2D eigenvalue weighted by atomic mass is 10.1. The first-order valence-corrected chi connectivity index (χ1v) is 6.67. The number of esters is 1. The fourth-order valence-corrected chi connectivity index (χ4v) is 2.28. The number of nitrogens with zero attached hydrogens (tertiary/aromatic N) is 1. The summed E-state index contributed by atoms with van der Waals surface area (Å²) >= 11 is 0. The van der Waals surface area contributed by atoms with Gasteiger partial charge in [-0.2, -0.15) is 0 Å². The second-order valence-electron chi connectivity index (χ2n) is 4.69. The Kier molecular flexibility index (Phi) is 5.03. The molecule has 1 unspecified atom stereocenters. The van der Waals surface area contributed by atoms with Crippen LogP contribution in [0.4, 0.5) is 8.78 Å². The largest absolute Gasteiger partial charge is 0.465 e. The highest BCUT2D eigenvalue weighted by atomic mass is 19.2. The molecule has 1 aliphatic rings. The van der Waals surface area contributed by atoms with E-state index in [0.29, 0.717) is 31.8 Å². The van der Waals surface area contributed by atoms with Crippen LogP contribution >= 0.6 is 0 Å². The smallest absolute Gasteiger partial charge is 0.324 e. The van der Waals surface area contributed by atoms with Gasteiger partial charge in [-0.05, 0) is 24.6 Å². The maximum absolute atomic E-state index is 13.2. The van der Waals surface area contributed by atoms with E-state index in [1.54, 1.807) is 6.92 Å². The third kappa shape index (κ3) is 3.52. The lowest BCUT2D eigenvalue weighted by Crippen LogP contribution is -2.54. The SMILES string of the molecule is CCOC(=O)C1CNCCN1Cc1ccc(F)c(F)c1. The Morgan fingerprint density at radius 1 is 1.45 bits per heavy atom. The van der Waals surface area contributed by atoms with Crippen molar-refractivity contribution in [3.8, 4) is 0 Å². The maximum Gasteiger partial charge on any atom is 0.324 e. The number of carbonyl (C=O) groups is 1. The molecule has 0 saturated carbocycles. The van der Waals surface area contributed by atoms with Crippen molar-refractivity contribution in [2.75, 3.05) is 26.2 Å². The lowest BCUT2D eigenvalue weighted by Gasteiger charge is -2.34. The molecule has 4 nitrogen and oxygen atoms in total. The van der Waals surface area contributed by atoms with Gasteiger partial charge in [-0.1, -0.05) is 6.07 Å². The first kappa shape index (κ1) is 14.9. The third-order valence-electron chi connectivity index (χ3n) is 3.28. The van der Waals surface area contributed by atoms with Crippen LogP contribution in [0, 0.1) is 11.6 Å². The van der Waals surface area contributed by atoms with E-state index in [4.69, 9.17) is 4.74 Å². The molecule has 0 spiro atoms. The Labute approximate surface area is 116 Å². The van der Waals surface area contributed by atoms with Crippen molar-refractivity contribution in [1.82, 2.24) is 10.2 Å². The molecule has 110 valence electrons. The van der Waals surface area contributed by atoms with E-state index < -0.39 is 17.7 Å². The second-order valence-corrected chi connectivity index (χ2v) is 4.69. The molecule has 0 aliphatic carbocycles. The number of hydrogen-bond donors (Lipinski definition) is 1. The molecule has 1 N–H and O–H groups in total. The van der Waals surface area contributed by atoms with Crippen LogP contribution in [0.15, 0.2) is 18.2 Å². The van der Waals surface area contributed by atoms with E-state index in [9.17, 15) is 13.6 Å². The molecular formula is C14H18F2N2O2. The van der Waals surface area contributed by atoms with E-state index in [0.717, 1.165) is 12.6 Å². The Morgan fingerprint density at radius 2 is 2.25 bits per heavy atom. The van der Waals surface area contributed by atoms with E-state index >= 15 is 0 Å². The zero-order valence-electron chi connectivity index (χ0n) is 11.4. The minimum absolute atomic E-state index is 0.290. The van der Waals surface area contributed by atoms with Gasteiger partial charge in [0, 0.05) is 26.2 Å². The summed E-state index contributed by atoms with van der Waals surface area (Å²) < 4.78 is 31.2. The molecule has 2 rings (SSSR count). The highest BCUT2D eigenvalue weighted by molar-refractivity contribution is 5.76. The molecule has 1 aliphatic heterocycles. The van der Waals surface area contributed by atoms with E-state index in [2.05, 4.69) is 5.32 Å². The molecule has 0 amide bonds. The van der Waals surface area contributed by atoms with E-state index in [1.807, 2.05) is 4.90 Å². The molecule has 6 heteroatoms. The normalized spacial score (nSPS) is 19.9. The predicted molar refractivity (Wildman–Crippen MR) is 70.1 cm³/mol. The number of piperazine rings is 1. The van der Waals surface area contributed by atoms with Crippen molar-refractivity contribution in [3.63, 3.8) is 0 Å². The van der Waals surface area contributed by atoms with Gasteiger partial charge in [0.1, 0.15) is 6.04 Å². The molecule has 1 atom stereocenters. The van der Waals surface area contributed by atoms with Crippen LogP contribution in [0.5, 0.6) is 0 Å². The minimum atomic E-state index is -0.870. The summed E-state index contributed by atoms with van der Waals surface area (Å²) in [7, 11) is 0. The number of hydrogen-bond acceptors (Lipinski definition) is 4. The van der Waals surface area contributed by atoms with Crippen molar-refractivity contribution >= 4 is 5.97 Å². The molecule has 1 fully saturated rings.